The van der Waals surface area contributed by atoms with Crippen molar-refractivity contribution in [3.05, 3.63) is 71.5 Å². The molecule has 0 unspecified atom stereocenters. The van der Waals surface area contributed by atoms with Gasteiger partial charge in [-0.3, -0.25) is 0 Å². The number of aromatic nitrogens is 1. The number of aromatic carboxylic acids is 1. The van der Waals surface area contributed by atoms with E-state index in [2.05, 4.69) is 6.07 Å². The number of aryl methyl sites for hydroxylation is 1. The fraction of sp³-hybridized carbons (Fsp3) is 0.143. The molecular formula is C21H18N2O3. The first-order chi connectivity index (χ1) is 12.6. The maximum atomic E-state index is 11.6. The fourth-order valence-corrected chi connectivity index (χ4v) is 3.16. The van der Waals surface area contributed by atoms with Gasteiger partial charge in [-0.05, 0) is 22.3 Å². The number of nitriles is 1. The molecule has 0 aliphatic rings. The van der Waals surface area contributed by atoms with Gasteiger partial charge in [0, 0.05) is 25.9 Å². The quantitative estimate of drug-likeness (QED) is 0.755. The topological polar surface area (TPSA) is 75.2 Å². The maximum Gasteiger partial charge on any atom is 0.353 e. The van der Waals surface area contributed by atoms with E-state index in [1.165, 1.54) is 4.57 Å². The Hall–Kier alpha value is -3.36. The van der Waals surface area contributed by atoms with Crippen molar-refractivity contribution in [1.82, 2.24) is 4.57 Å². The molecule has 3 rings (SSSR count). The minimum absolute atomic E-state index is 0.106. The molecular weight excluding hydrogens is 328 g/mol. The Kier molecular flexibility index (Phi) is 4.87. The SMILES string of the molecule is COCc1ccccc1-c1ccc(-c2c(C#N)cn(C)c2C(=O)O)cc1. The van der Waals surface area contributed by atoms with E-state index in [-0.39, 0.29) is 5.69 Å². The number of methoxy groups -OCH3 is 1. The minimum atomic E-state index is -1.06. The van der Waals surface area contributed by atoms with Crippen LogP contribution in [0, 0.1) is 11.3 Å². The summed E-state index contributed by atoms with van der Waals surface area (Å²) in [6, 6.07) is 17.6. The van der Waals surface area contributed by atoms with Crippen molar-refractivity contribution in [1.29, 1.82) is 5.26 Å². The van der Waals surface area contributed by atoms with E-state index in [1.54, 1.807) is 20.4 Å². The smallest absolute Gasteiger partial charge is 0.353 e. The second kappa shape index (κ2) is 7.26. The highest BCUT2D eigenvalue weighted by molar-refractivity contribution is 5.96. The molecule has 130 valence electrons. The van der Waals surface area contributed by atoms with Gasteiger partial charge in [0.1, 0.15) is 11.8 Å². The Labute approximate surface area is 151 Å². The largest absolute Gasteiger partial charge is 0.477 e. The molecule has 0 aliphatic carbocycles. The van der Waals surface area contributed by atoms with Crippen LogP contribution < -0.4 is 0 Å². The molecule has 0 bridgehead atoms. The van der Waals surface area contributed by atoms with Gasteiger partial charge in [-0.15, -0.1) is 0 Å². The standard InChI is InChI=1S/C21H18N2O3/c1-23-12-17(11-22)19(20(23)21(24)25)15-9-7-14(8-10-15)18-6-4-3-5-16(18)13-26-2/h3-10,12H,13H2,1-2H3,(H,24,25). The zero-order valence-electron chi connectivity index (χ0n) is 14.6. The van der Waals surface area contributed by atoms with Crippen LogP contribution >= 0.6 is 0 Å². The predicted molar refractivity (Wildman–Crippen MR) is 98.7 cm³/mol. The summed E-state index contributed by atoms with van der Waals surface area (Å²) in [6.45, 7) is 0.512. The molecule has 1 heterocycles. The van der Waals surface area contributed by atoms with Crippen LogP contribution in [0.2, 0.25) is 0 Å². The monoisotopic (exact) mass is 346 g/mol. The molecule has 0 fully saturated rings. The summed E-state index contributed by atoms with van der Waals surface area (Å²) in [5.74, 6) is -1.06. The lowest BCUT2D eigenvalue weighted by Crippen LogP contribution is -2.05. The maximum absolute atomic E-state index is 11.6. The number of hydrogen-bond donors (Lipinski definition) is 1. The molecule has 0 spiro atoms. The molecule has 0 saturated carbocycles. The molecule has 26 heavy (non-hydrogen) atoms. The van der Waals surface area contributed by atoms with E-state index in [9.17, 15) is 15.2 Å². The van der Waals surface area contributed by atoms with Gasteiger partial charge in [0.05, 0.1) is 12.2 Å². The lowest BCUT2D eigenvalue weighted by molar-refractivity contribution is 0.0687. The van der Waals surface area contributed by atoms with Crippen LogP contribution in [0.5, 0.6) is 0 Å². The Balaban J connectivity index is 2.08. The van der Waals surface area contributed by atoms with E-state index in [1.807, 2.05) is 48.5 Å². The van der Waals surface area contributed by atoms with Gasteiger partial charge in [0.2, 0.25) is 0 Å². The van der Waals surface area contributed by atoms with Crippen LogP contribution in [-0.2, 0) is 18.4 Å². The third-order valence-corrected chi connectivity index (χ3v) is 4.31. The third kappa shape index (κ3) is 3.10. The number of hydrogen-bond acceptors (Lipinski definition) is 3. The van der Waals surface area contributed by atoms with Crippen molar-refractivity contribution in [2.45, 2.75) is 6.61 Å². The molecule has 5 nitrogen and oxygen atoms in total. The lowest BCUT2D eigenvalue weighted by Gasteiger charge is -2.10. The first kappa shape index (κ1) is 17.5. The summed E-state index contributed by atoms with van der Waals surface area (Å²) < 4.78 is 6.72. The second-order valence-electron chi connectivity index (χ2n) is 5.96. The van der Waals surface area contributed by atoms with E-state index < -0.39 is 5.97 Å². The Morgan fingerprint density at radius 1 is 1.15 bits per heavy atom. The van der Waals surface area contributed by atoms with Gasteiger partial charge in [0.25, 0.3) is 0 Å². The van der Waals surface area contributed by atoms with Crippen LogP contribution in [0.15, 0.2) is 54.7 Å². The summed E-state index contributed by atoms with van der Waals surface area (Å²) in [5, 5.41) is 18.9. The van der Waals surface area contributed by atoms with Gasteiger partial charge in [0.15, 0.2) is 0 Å². The summed E-state index contributed by atoms with van der Waals surface area (Å²) >= 11 is 0. The zero-order chi connectivity index (χ0) is 18.7. The molecule has 0 radical (unpaired) electrons. The van der Waals surface area contributed by atoms with Gasteiger partial charge < -0.3 is 14.4 Å². The van der Waals surface area contributed by atoms with Crippen LogP contribution in [0.3, 0.4) is 0 Å². The van der Waals surface area contributed by atoms with Crippen molar-refractivity contribution in [2.75, 3.05) is 7.11 Å². The normalized spacial score (nSPS) is 10.5. The molecule has 1 N–H and O–H groups in total. The van der Waals surface area contributed by atoms with E-state index in [0.717, 1.165) is 16.7 Å². The van der Waals surface area contributed by atoms with Crippen LogP contribution in [0.25, 0.3) is 22.3 Å². The van der Waals surface area contributed by atoms with E-state index in [0.29, 0.717) is 23.3 Å². The zero-order valence-corrected chi connectivity index (χ0v) is 14.6. The predicted octanol–water partition coefficient (Wildman–Crippen LogP) is 4.08. The van der Waals surface area contributed by atoms with Crippen molar-refractivity contribution in [2.24, 2.45) is 7.05 Å². The average molecular weight is 346 g/mol. The number of ether oxygens (including phenoxy) is 1. The first-order valence-electron chi connectivity index (χ1n) is 8.07. The van der Waals surface area contributed by atoms with Crippen molar-refractivity contribution in [3.8, 4) is 28.3 Å². The summed E-state index contributed by atoms with van der Waals surface area (Å²) in [5.41, 5.74) is 4.74. The number of benzene rings is 2. The van der Waals surface area contributed by atoms with Crippen LogP contribution in [0.1, 0.15) is 21.6 Å². The fourth-order valence-electron chi connectivity index (χ4n) is 3.16. The summed E-state index contributed by atoms with van der Waals surface area (Å²) in [4.78, 5) is 11.6. The number of carboxylic acids is 1. The van der Waals surface area contributed by atoms with Gasteiger partial charge >= 0.3 is 5.97 Å². The molecule has 3 aromatic rings. The number of carboxylic acid groups (broad SMARTS) is 1. The van der Waals surface area contributed by atoms with E-state index in [4.69, 9.17) is 4.74 Å². The summed E-state index contributed by atoms with van der Waals surface area (Å²) in [7, 11) is 3.29. The van der Waals surface area contributed by atoms with Gasteiger partial charge in [-0.25, -0.2) is 4.79 Å². The highest BCUT2D eigenvalue weighted by atomic mass is 16.5. The number of carbonyl (C=O) groups is 1. The lowest BCUT2D eigenvalue weighted by atomic mass is 9.96. The van der Waals surface area contributed by atoms with Crippen LogP contribution in [0.4, 0.5) is 0 Å². The number of rotatable bonds is 5. The van der Waals surface area contributed by atoms with Gasteiger partial charge in [-0.1, -0.05) is 48.5 Å². The molecule has 0 amide bonds. The molecule has 1 aromatic heterocycles. The highest BCUT2D eigenvalue weighted by Gasteiger charge is 2.21. The molecule has 0 saturated heterocycles. The van der Waals surface area contributed by atoms with Gasteiger partial charge in [-0.2, -0.15) is 5.26 Å². The Morgan fingerprint density at radius 3 is 2.42 bits per heavy atom. The Bertz CT molecular complexity index is 995. The molecule has 2 aromatic carbocycles. The molecule has 0 aliphatic heterocycles. The average Bonchev–Trinajstić information content (AvgIpc) is 2.99. The van der Waals surface area contributed by atoms with Crippen molar-refractivity contribution >= 4 is 5.97 Å². The minimum Gasteiger partial charge on any atom is -0.477 e. The number of nitrogens with zero attached hydrogens (tertiary/aromatic N) is 2. The summed E-state index contributed by atoms with van der Waals surface area (Å²) in [6.07, 6.45) is 1.54. The van der Waals surface area contributed by atoms with Crippen molar-refractivity contribution < 1.29 is 14.6 Å². The van der Waals surface area contributed by atoms with Crippen molar-refractivity contribution in [3.63, 3.8) is 0 Å². The van der Waals surface area contributed by atoms with E-state index >= 15 is 0 Å². The second-order valence-corrected chi connectivity index (χ2v) is 5.96. The van der Waals surface area contributed by atoms with Crippen LogP contribution in [-0.4, -0.2) is 22.8 Å². The Morgan fingerprint density at radius 2 is 1.81 bits per heavy atom. The molecule has 0 atom stereocenters. The molecule has 5 heteroatoms. The third-order valence-electron chi connectivity index (χ3n) is 4.31. The highest BCUT2D eigenvalue weighted by Crippen LogP contribution is 2.32. The first-order valence-corrected chi connectivity index (χ1v) is 8.07.